The van der Waals surface area contributed by atoms with E-state index in [-0.39, 0.29) is 12.1 Å². The van der Waals surface area contributed by atoms with E-state index in [0.717, 1.165) is 25.7 Å². The lowest BCUT2D eigenvalue weighted by molar-refractivity contribution is -0.128. The highest BCUT2D eigenvalue weighted by Gasteiger charge is 2.27. The van der Waals surface area contributed by atoms with Crippen LogP contribution in [0.1, 0.15) is 39.5 Å². The number of rotatable bonds is 9. The fraction of sp³-hybridized carbons (Fsp3) is 0.562. The largest absolute Gasteiger partial charge is 0.342 e. The molecular formula is C16H26NO3P. The fourth-order valence-electron chi connectivity index (χ4n) is 2.09. The van der Waals surface area contributed by atoms with Crippen LogP contribution >= 0.6 is 7.37 Å². The van der Waals surface area contributed by atoms with Gasteiger partial charge in [-0.1, -0.05) is 44.9 Å². The molecule has 1 N–H and O–H groups in total. The lowest BCUT2D eigenvalue weighted by atomic mass is 10.2. The molecule has 0 aliphatic heterocycles. The molecule has 0 spiro atoms. The number of unbranched alkanes of at least 4 members (excludes halogenated alkanes) is 2. The van der Waals surface area contributed by atoms with Gasteiger partial charge in [0.2, 0.25) is 13.3 Å². The quantitative estimate of drug-likeness (QED) is 0.713. The van der Waals surface area contributed by atoms with Crippen LogP contribution in [0.5, 0.6) is 0 Å². The lowest BCUT2D eigenvalue weighted by Crippen LogP contribution is -2.35. The maximum atomic E-state index is 12.4. The molecule has 4 nitrogen and oxygen atoms in total. The van der Waals surface area contributed by atoms with Crippen molar-refractivity contribution in [2.75, 3.05) is 19.3 Å². The lowest BCUT2D eigenvalue weighted by Gasteiger charge is -2.23. The molecule has 5 heteroatoms. The number of hydrogen-bond donors (Lipinski definition) is 1. The Balaban J connectivity index is 2.72. The second kappa shape index (κ2) is 9.01. The molecule has 1 amide bonds. The molecule has 1 unspecified atom stereocenters. The summed E-state index contributed by atoms with van der Waals surface area (Å²) in [6.07, 6.45) is 3.56. The number of benzene rings is 1. The summed E-state index contributed by atoms with van der Waals surface area (Å²) in [6.45, 7) is 5.49. The Kier molecular flexibility index (Phi) is 7.69. The number of carbonyl (C=O) groups is 1. The van der Waals surface area contributed by atoms with Crippen molar-refractivity contribution in [3.05, 3.63) is 30.3 Å². The van der Waals surface area contributed by atoms with Gasteiger partial charge in [-0.2, -0.15) is 0 Å². The van der Waals surface area contributed by atoms with Gasteiger partial charge in [-0.15, -0.1) is 0 Å². The van der Waals surface area contributed by atoms with E-state index in [1.54, 1.807) is 35.2 Å². The van der Waals surface area contributed by atoms with Gasteiger partial charge >= 0.3 is 0 Å². The van der Waals surface area contributed by atoms with Crippen LogP contribution in [0.3, 0.4) is 0 Å². The summed E-state index contributed by atoms with van der Waals surface area (Å²) in [4.78, 5) is 24.2. The smallest absolute Gasteiger partial charge is 0.238 e. The van der Waals surface area contributed by atoms with Crippen molar-refractivity contribution >= 4 is 18.6 Å². The van der Waals surface area contributed by atoms with E-state index in [1.807, 2.05) is 0 Å². The zero-order chi connectivity index (χ0) is 15.7. The fourth-order valence-corrected chi connectivity index (χ4v) is 3.48. The van der Waals surface area contributed by atoms with Gasteiger partial charge in [-0.05, 0) is 25.0 Å². The molecule has 0 radical (unpaired) electrons. The molecule has 1 atom stereocenters. The third-order valence-corrected chi connectivity index (χ3v) is 5.23. The number of amides is 1. The van der Waals surface area contributed by atoms with Crippen molar-refractivity contribution in [3.8, 4) is 0 Å². The summed E-state index contributed by atoms with van der Waals surface area (Å²) in [6, 6.07) is 8.44. The van der Waals surface area contributed by atoms with Crippen LogP contribution in [0, 0.1) is 0 Å². The molecular weight excluding hydrogens is 285 g/mol. The van der Waals surface area contributed by atoms with E-state index >= 15 is 0 Å². The molecule has 1 aromatic rings. The summed E-state index contributed by atoms with van der Waals surface area (Å²) in [5.41, 5.74) is 0. The third-order valence-electron chi connectivity index (χ3n) is 3.43. The minimum Gasteiger partial charge on any atom is -0.342 e. The summed E-state index contributed by atoms with van der Waals surface area (Å²) in [5.74, 6) is -0.216. The Morgan fingerprint density at radius 1 is 1.10 bits per heavy atom. The second-order valence-electron chi connectivity index (χ2n) is 5.28. The molecule has 118 valence electrons. The van der Waals surface area contributed by atoms with Crippen molar-refractivity contribution in [1.29, 1.82) is 0 Å². The normalized spacial score (nSPS) is 13.7. The van der Waals surface area contributed by atoms with Crippen molar-refractivity contribution in [2.45, 2.75) is 39.5 Å². The van der Waals surface area contributed by atoms with E-state index in [2.05, 4.69) is 13.8 Å². The molecule has 0 bridgehead atoms. The van der Waals surface area contributed by atoms with Crippen LogP contribution in [0.2, 0.25) is 0 Å². The minimum absolute atomic E-state index is 0.216. The van der Waals surface area contributed by atoms with Crippen molar-refractivity contribution < 1.29 is 14.3 Å². The summed E-state index contributed by atoms with van der Waals surface area (Å²) in [5, 5.41) is 0.351. The zero-order valence-corrected chi connectivity index (χ0v) is 13.9. The topological polar surface area (TPSA) is 57.6 Å². The maximum Gasteiger partial charge on any atom is 0.238 e. The van der Waals surface area contributed by atoms with Crippen LogP contribution in [0.15, 0.2) is 30.3 Å². The van der Waals surface area contributed by atoms with Gasteiger partial charge in [0.25, 0.3) is 0 Å². The molecule has 1 rings (SSSR count). The van der Waals surface area contributed by atoms with Crippen molar-refractivity contribution in [2.24, 2.45) is 0 Å². The average Bonchev–Trinajstić information content (AvgIpc) is 2.47. The molecule has 0 heterocycles. The number of hydrogen-bond acceptors (Lipinski definition) is 2. The first kappa shape index (κ1) is 17.9. The van der Waals surface area contributed by atoms with E-state index < -0.39 is 7.37 Å². The molecule has 0 aliphatic rings. The molecule has 21 heavy (non-hydrogen) atoms. The molecule has 1 aromatic carbocycles. The first-order chi connectivity index (χ1) is 10.0. The van der Waals surface area contributed by atoms with Gasteiger partial charge in [0.1, 0.15) is 6.16 Å². The Labute approximate surface area is 127 Å². The van der Waals surface area contributed by atoms with Crippen molar-refractivity contribution in [3.63, 3.8) is 0 Å². The predicted octanol–water partition coefficient (Wildman–Crippen LogP) is 3.01. The van der Waals surface area contributed by atoms with E-state index in [4.69, 9.17) is 0 Å². The third kappa shape index (κ3) is 6.03. The summed E-state index contributed by atoms with van der Waals surface area (Å²) in [7, 11) is -3.61. The van der Waals surface area contributed by atoms with E-state index in [1.165, 1.54) is 0 Å². The minimum atomic E-state index is -3.61. The first-order valence-corrected chi connectivity index (χ1v) is 9.51. The summed E-state index contributed by atoms with van der Waals surface area (Å²) >= 11 is 0. The Bertz CT molecular complexity index is 468. The predicted molar refractivity (Wildman–Crippen MR) is 87.2 cm³/mol. The molecule has 0 fully saturated rings. The zero-order valence-electron chi connectivity index (χ0n) is 13.0. The highest BCUT2D eigenvalue weighted by Crippen LogP contribution is 2.39. The van der Waals surface area contributed by atoms with Crippen LogP contribution in [-0.2, 0) is 9.36 Å². The Morgan fingerprint density at radius 3 is 2.10 bits per heavy atom. The highest BCUT2D eigenvalue weighted by molar-refractivity contribution is 7.66. The van der Waals surface area contributed by atoms with Gasteiger partial charge in [0, 0.05) is 18.4 Å². The number of carbonyl (C=O) groups excluding carboxylic acids is 1. The highest BCUT2D eigenvalue weighted by atomic mass is 31.2. The molecule has 0 aromatic heterocycles. The monoisotopic (exact) mass is 311 g/mol. The number of nitrogens with zero attached hydrogens (tertiary/aromatic N) is 1. The van der Waals surface area contributed by atoms with Gasteiger partial charge < -0.3 is 9.79 Å². The van der Waals surface area contributed by atoms with Gasteiger partial charge in [-0.3, -0.25) is 9.36 Å². The van der Waals surface area contributed by atoms with Crippen LogP contribution in [0.4, 0.5) is 0 Å². The van der Waals surface area contributed by atoms with Crippen LogP contribution in [-0.4, -0.2) is 35.0 Å². The van der Waals surface area contributed by atoms with Gasteiger partial charge in [0.15, 0.2) is 0 Å². The second-order valence-corrected chi connectivity index (χ2v) is 7.52. The maximum absolute atomic E-state index is 12.4. The summed E-state index contributed by atoms with van der Waals surface area (Å²) < 4.78 is 12.4. The van der Waals surface area contributed by atoms with Crippen LogP contribution < -0.4 is 5.30 Å². The SMILES string of the molecule is CCCCN(CCCC)C(=O)CP(=O)(O)c1ccccc1. The van der Waals surface area contributed by atoms with Crippen LogP contribution in [0.25, 0.3) is 0 Å². The van der Waals surface area contributed by atoms with E-state index in [9.17, 15) is 14.3 Å². The molecule has 0 aliphatic carbocycles. The molecule has 0 saturated carbocycles. The molecule has 0 saturated heterocycles. The average molecular weight is 311 g/mol. The standard InChI is InChI=1S/C16H26NO3P/c1-3-5-12-17(13-6-4-2)16(18)14-21(19,20)15-10-8-7-9-11-15/h7-11H,3-6,12-14H2,1-2H3,(H,19,20). The Morgan fingerprint density at radius 2 is 1.62 bits per heavy atom. The van der Waals surface area contributed by atoms with Gasteiger partial charge in [-0.25, -0.2) is 0 Å². The van der Waals surface area contributed by atoms with Crippen molar-refractivity contribution in [1.82, 2.24) is 4.90 Å². The van der Waals surface area contributed by atoms with Gasteiger partial charge in [0.05, 0.1) is 0 Å². The van der Waals surface area contributed by atoms with E-state index in [0.29, 0.717) is 18.4 Å². The first-order valence-electron chi connectivity index (χ1n) is 7.66. The Hall–Kier alpha value is -1.12.